The predicted molar refractivity (Wildman–Crippen MR) is 78.2 cm³/mol. The van der Waals surface area contributed by atoms with E-state index in [0.717, 1.165) is 11.8 Å². The van der Waals surface area contributed by atoms with Crippen LogP contribution in [0.5, 0.6) is 0 Å². The molecule has 0 radical (unpaired) electrons. The Balaban J connectivity index is 1.72. The zero-order chi connectivity index (χ0) is 12.2. The van der Waals surface area contributed by atoms with E-state index in [4.69, 9.17) is 4.99 Å². The fourth-order valence-electron chi connectivity index (χ4n) is 4.41. The van der Waals surface area contributed by atoms with Crippen LogP contribution in [0.15, 0.2) is 4.99 Å². The highest BCUT2D eigenvalue weighted by Gasteiger charge is 2.30. The molecule has 0 spiro atoms. The van der Waals surface area contributed by atoms with E-state index in [0.29, 0.717) is 6.04 Å². The lowest BCUT2D eigenvalue weighted by Crippen LogP contribution is -2.23. The molecule has 1 heteroatoms. The molecule has 3 rings (SSSR count). The quantitative estimate of drug-likeness (QED) is 0.612. The first-order chi connectivity index (χ1) is 8.93. The largest absolute Gasteiger partial charge is 0.290 e. The Morgan fingerprint density at radius 1 is 0.556 bits per heavy atom. The molecule has 0 N–H and O–H groups in total. The number of hydrogen-bond donors (Lipinski definition) is 0. The van der Waals surface area contributed by atoms with E-state index >= 15 is 0 Å². The summed E-state index contributed by atoms with van der Waals surface area (Å²) in [6, 6.07) is 0.704. The van der Waals surface area contributed by atoms with Gasteiger partial charge in [0.2, 0.25) is 0 Å². The molecule has 3 aliphatic rings. The molecular weight excluding hydrogens is 218 g/mol. The first-order valence-electron chi connectivity index (χ1n) is 8.51. The van der Waals surface area contributed by atoms with Crippen LogP contribution in [0, 0.1) is 11.8 Å². The van der Waals surface area contributed by atoms with Crippen molar-refractivity contribution in [2.75, 3.05) is 0 Å². The number of hydrogen-bond acceptors (Lipinski definition) is 1. The SMILES string of the molecule is C1CCC(N=C(C2CCCC2)C2CCCC2)CC1. The zero-order valence-corrected chi connectivity index (χ0v) is 11.9. The summed E-state index contributed by atoms with van der Waals surface area (Å²) in [5.41, 5.74) is 1.69. The highest BCUT2D eigenvalue weighted by atomic mass is 14.8. The van der Waals surface area contributed by atoms with Gasteiger partial charge in [0.15, 0.2) is 0 Å². The summed E-state index contributed by atoms with van der Waals surface area (Å²) in [5.74, 6) is 1.77. The average molecular weight is 247 g/mol. The molecule has 0 heterocycles. The summed E-state index contributed by atoms with van der Waals surface area (Å²) in [6.45, 7) is 0. The second-order valence-corrected chi connectivity index (χ2v) is 6.81. The Bertz CT molecular complexity index is 258. The Morgan fingerprint density at radius 3 is 1.50 bits per heavy atom. The Hall–Kier alpha value is -0.330. The van der Waals surface area contributed by atoms with Crippen LogP contribution in [0.1, 0.15) is 83.5 Å². The van der Waals surface area contributed by atoms with Gasteiger partial charge in [-0.2, -0.15) is 0 Å². The van der Waals surface area contributed by atoms with Crippen molar-refractivity contribution in [1.82, 2.24) is 0 Å². The summed E-state index contributed by atoms with van der Waals surface area (Å²) in [5, 5.41) is 0. The summed E-state index contributed by atoms with van der Waals surface area (Å²) in [4.78, 5) is 5.32. The predicted octanol–water partition coefficient (Wildman–Crippen LogP) is 5.14. The third kappa shape index (κ3) is 2.97. The van der Waals surface area contributed by atoms with Crippen LogP contribution in [0.3, 0.4) is 0 Å². The van der Waals surface area contributed by atoms with Crippen molar-refractivity contribution in [3.05, 3.63) is 0 Å². The summed E-state index contributed by atoms with van der Waals surface area (Å²) in [7, 11) is 0. The first-order valence-corrected chi connectivity index (χ1v) is 8.51. The molecule has 0 aromatic carbocycles. The molecule has 102 valence electrons. The number of nitrogens with zero attached hydrogens (tertiary/aromatic N) is 1. The van der Waals surface area contributed by atoms with Gasteiger partial charge in [-0.1, -0.05) is 44.9 Å². The standard InChI is InChI=1S/C17H29N/c1-2-12-16(13-3-1)18-17(14-8-4-5-9-14)15-10-6-7-11-15/h14-16H,1-13H2. The van der Waals surface area contributed by atoms with Gasteiger partial charge in [0, 0.05) is 11.8 Å². The lowest BCUT2D eigenvalue weighted by Gasteiger charge is -2.25. The minimum Gasteiger partial charge on any atom is -0.290 e. The van der Waals surface area contributed by atoms with E-state index in [1.165, 1.54) is 83.5 Å². The third-order valence-electron chi connectivity index (χ3n) is 5.45. The maximum atomic E-state index is 5.32. The van der Waals surface area contributed by atoms with E-state index in [9.17, 15) is 0 Å². The Morgan fingerprint density at radius 2 is 1.00 bits per heavy atom. The van der Waals surface area contributed by atoms with Crippen LogP contribution < -0.4 is 0 Å². The van der Waals surface area contributed by atoms with Crippen molar-refractivity contribution in [2.45, 2.75) is 89.5 Å². The molecule has 18 heavy (non-hydrogen) atoms. The molecule has 0 amide bonds. The van der Waals surface area contributed by atoms with Crippen molar-refractivity contribution >= 4 is 5.71 Å². The maximum Gasteiger partial charge on any atom is 0.0499 e. The fourth-order valence-corrected chi connectivity index (χ4v) is 4.41. The minimum absolute atomic E-state index is 0.704. The molecule has 3 fully saturated rings. The average Bonchev–Trinajstić information content (AvgIpc) is 3.11. The van der Waals surface area contributed by atoms with Crippen LogP contribution in [0.25, 0.3) is 0 Å². The van der Waals surface area contributed by atoms with E-state index in [1.54, 1.807) is 5.71 Å². The first kappa shape index (κ1) is 12.7. The molecule has 0 saturated heterocycles. The van der Waals surface area contributed by atoms with E-state index in [1.807, 2.05) is 0 Å². The third-order valence-corrected chi connectivity index (χ3v) is 5.45. The lowest BCUT2D eigenvalue weighted by atomic mass is 9.88. The molecule has 0 unspecified atom stereocenters. The topological polar surface area (TPSA) is 12.4 Å². The fraction of sp³-hybridized carbons (Fsp3) is 0.941. The number of rotatable bonds is 3. The highest BCUT2D eigenvalue weighted by Crippen LogP contribution is 2.36. The molecule has 3 saturated carbocycles. The van der Waals surface area contributed by atoms with Gasteiger partial charge in [-0.25, -0.2) is 0 Å². The normalized spacial score (nSPS) is 27.8. The van der Waals surface area contributed by atoms with E-state index < -0.39 is 0 Å². The van der Waals surface area contributed by atoms with Crippen LogP contribution in [0.4, 0.5) is 0 Å². The van der Waals surface area contributed by atoms with E-state index in [-0.39, 0.29) is 0 Å². The van der Waals surface area contributed by atoms with Gasteiger partial charge >= 0.3 is 0 Å². The van der Waals surface area contributed by atoms with Gasteiger partial charge < -0.3 is 0 Å². The van der Waals surface area contributed by atoms with Crippen LogP contribution >= 0.6 is 0 Å². The zero-order valence-electron chi connectivity index (χ0n) is 11.9. The van der Waals surface area contributed by atoms with Crippen molar-refractivity contribution < 1.29 is 0 Å². The molecular formula is C17H29N. The molecule has 1 nitrogen and oxygen atoms in total. The molecule has 0 aromatic heterocycles. The molecule has 0 aliphatic heterocycles. The Labute approximate surface area is 112 Å². The molecule has 0 atom stereocenters. The smallest absolute Gasteiger partial charge is 0.0499 e. The summed E-state index contributed by atoms with van der Waals surface area (Å²) < 4.78 is 0. The van der Waals surface area contributed by atoms with Crippen molar-refractivity contribution in [2.24, 2.45) is 16.8 Å². The second-order valence-electron chi connectivity index (χ2n) is 6.81. The second kappa shape index (κ2) is 6.21. The van der Waals surface area contributed by atoms with Gasteiger partial charge in [-0.05, 0) is 50.4 Å². The lowest BCUT2D eigenvalue weighted by molar-refractivity contribution is 0.437. The van der Waals surface area contributed by atoms with Gasteiger partial charge in [-0.3, -0.25) is 4.99 Å². The van der Waals surface area contributed by atoms with Gasteiger partial charge in [0.1, 0.15) is 0 Å². The monoisotopic (exact) mass is 247 g/mol. The minimum atomic E-state index is 0.704. The van der Waals surface area contributed by atoms with Gasteiger partial charge in [-0.15, -0.1) is 0 Å². The Kier molecular flexibility index (Phi) is 4.38. The van der Waals surface area contributed by atoms with Gasteiger partial charge in [0.05, 0.1) is 0 Å². The summed E-state index contributed by atoms with van der Waals surface area (Å²) in [6.07, 6.45) is 18.7. The van der Waals surface area contributed by atoms with Crippen LogP contribution in [0.2, 0.25) is 0 Å². The summed E-state index contributed by atoms with van der Waals surface area (Å²) >= 11 is 0. The molecule has 0 aromatic rings. The number of aliphatic imine (C=N–C) groups is 1. The van der Waals surface area contributed by atoms with Crippen molar-refractivity contribution in [3.8, 4) is 0 Å². The van der Waals surface area contributed by atoms with E-state index in [2.05, 4.69) is 0 Å². The molecule has 3 aliphatic carbocycles. The highest BCUT2D eigenvalue weighted by molar-refractivity contribution is 5.89. The van der Waals surface area contributed by atoms with Crippen LogP contribution in [-0.2, 0) is 0 Å². The van der Waals surface area contributed by atoms with Crippen molar-refractivity contribution in [3.63, 3.8) is 0 Å². The van der Waals surface area contributed by atoms with Crippen LogP contribution in [-0.4, -0.2) is 11.8 Å². The van der Waals surface area contributed by atoms with Crippen molar-refractivity contribution in [1.29, 1.82) is 0 Å². The molecule has 0 bridgehead atoms. The maximum absolute atomic E-state index is 5.32. The van der Waals surface area contributed by atoms with Gasteiger partial charge in [0.25, 0.3) is 0 Å².